The van der Waals surface area contributed by atoms with Gasteiger partial charge in [0.2, 0.25) is 0 Å². The molecule has 21 heavy (non-hydrogen) atoms. The highest BCUT2D eigenvalue weighted by molar-refractivity contribution is 6.06. The van der Waals surface area contributed by atoms with Gasteiger partial charge in [-0.1, -0.05) is 30.3 Å². The third kappa shape index (κ3) is 2.49. The van der Waals surface area contributed by atoms with Gasteiger partial charge < -0.3 is 9.84 Å². The second-order valence-corrected chi connectivity index (χ2v) is 5.71. The van der Waals surface area contributed by atoms with Crippen LogP contribution in [0.2, 0.25) is 0 Å². The molecule has 1 aliphatic heterocycles. The van der Waals surface area contributed by atoms with E-state index in [0.29, 0.717) is 17.7 Å². The first kappa shape index (κ1) is 13.6. The predicted molar refractivity (Wildman–Crippen MR) is 78.8 cm³/mol. The minimum Gasteiger partial charge on any atom is -0.486 e. The Balaban J connectivity index is 2.05. The minimum absolute atomic E-state index is 0.00916. The number of Topliss-reactive ketones (excluding diaryl/α,β-unsaturated/α-hetero) is 1. The maximum Gasteiger partial charge on any atom is 0.303 e. The van der Waals surface area contributed by atoms with Crippen LogP contribution in [0.15, 0.2) is 36.4 Å². The maximum atomic E-state index is 12.4. The molecule has 1 heterocycles. The van der Waals surface area contributed by atoms with Crippen LogP contribution >= 0.6 is 0 Å². The predicted octanol–water partition coefficient (Wildman–Crippen LogP) is 3.43. The Morgan fingerprint density at radius 3 is 2.81 bits per heavy atom. The molecule has 2 aromatic rings. The molecule has 0 amide bonds. The summed E-state index contributed by atoms with van der Waals surface area (Å²) in [6.45, 7) is 1.80. The van der Waals surface area contributed by atoms with Gasteiger partial charge in [-0.2, -0.15) is 0 Å². The Hall–Kier alpha value is -2.36. The van der Waals surface area contributed by atoms with Crippen LogP contribution in [-0.2, 0) is 4.79 Å². The monoisotopic (exact) mass is 284 g/mol. The Morgan fingerprint density at radius 2 is 2.05 bits per heavy atom. The molecule has 1 atom stereocenters. The van der Waals surface area contributed by atoms with Gasteiger partial charge >= 0.3 is 5.97 Å². The van der Waals surface area contributed by atoms with E-state index in [2.05, 4.69) is 0 Å². The summed E-state index contributed by atoms with van der Waals surface area (Å²) < 4.78 is 6.07. The van der Waals surface area contributed by atoms with Gasteiger partial charge in [0, 0.05) is 11.8 Å². The van der Waals surface area contributed by atoms with Crippen molar-refractivity contribution in [1.82, 2.24) is 0 Å². The lowest BCUT2D eigenvalue weighted by Gasteiger charge is -2.35. The van der Waals surface area contributed by atoms with Crippen molar-refractivity contribution in [3.63, 3.8) is 0 Å². The average Bonchev–Trinajstić information content (AvgIpc) is 2.45. The van der Waals surface area contributed by atoms with Gasteiger partial charge in [0.15, 0.2) is 5.78 Å². The summed E-state index contributed by atoms with van der Waals surface area (Å²) in [5.74, 6) is -0.289. The van der Waals surface area contributed by atoms with Crippen LogP contribution < -0.4 is 4.74 Å². The van der Waals surface area contributed by atoms with Crippen molar-refractivity contribution in [3.05, 3.63) is 42.0 Å². The van der Waals surface area contributed by atoms with E-state index >= 15 is 0 Å². The van der Waals surface area contributed by atoms with Gasteiger partial charge in [0.1, 0.15) is 11.4 Å². The van der Waals surface area contributed by atoms with Gasteiger partial charge in [0.05, 0.1) is 12.0 Å². The van der Waals surface area contributed by atoms with Gasteiger partial charge in [-0.25, -0.2) is 0 Å². The molecule has 3 rings (SSSR count). The molecule has 0 saturated carbocycles. The van der Waals surface area contributed by atoms with E-state index in [1.807, 2.05) is 30.3 Å². The lowest BCUT2D eigenvalue weighted by molar-refractivity contribution is -0.138. The first-order valence-electron chi connectivity index (χ1n) is 6.94. The summed E-state index contributed by atoms with van der Waals surface area (Å²) in [5, 5.41) is 10.8. The van der Waals surface area contributed by atoms with E-state index in [1.165, 1.54) is 0 Å². The Labute approximate surface area is 122 Å². The fourth-order valence-electron chi connectivity index (χ4n) is 2.80. The number of aliphatic carboxylic acids is 1. The summed E-state index contributed by atoms with van der Waals surface area (Å²) in [5.41, 5.74) is -0.173. The van der Waals surface area contributed by atoms with E-state index < -0.39 is 11.6 Å². The molecular formula is C17H16O4. The van der Waals surface area contributed by atoms with E-state index in [-0.39, 0.29) is 18.6 Å². The molecule has 0 spiro atoms. The Bertz CT molecular complexity index is 735. The van der Waals surface area contributed by atoms with Crippen molar-refractivity contribution in [2.75, 3.05) is 0 Å². The van der Waals surface area contributed by atoms with Crippen LogP contribution in [0.4, 0.5) is 0 Å². The fraction of sp³-hybridized carbons (Fsp3) is 0.294. The maximum absolute atomic E-state index is 12.4. The van der Waals surface area contributed by atoms with Crippen molar-refractivity contribution in [2.45, 2.75) is 31.8 Å². The minimum atomic E-state index is -0.879. The second kappa shape index (κ2) is 4.88. The van der Waals surface area contributed by atoms with Gasteiger partial charge in [-0.3, -0.25) is 9.59 Å². The standard InChI is InChI=1S/C17H16O4/c1-17(9-8-15(19)20)10-14(18)13-7-6-11-4-2-3-5-12(11)16(13)21-17/h2-7H,8-10H2,1H3,(H,19,20). The molecule has 108 valence electrons. The lowest BCUT2D eigenvalue weighted by atomic mass is 9.87. The smallest absolute Gasteiger partial charge is 0.303 e. The molecule has 2 aromatic carbocycles. The van der Waals surface area contributed by atoms with Crippen molar-refractivity contribution >= 4 is 22.5 Å². The molecule has 0 fully saturated rings. The zero-order chi connectivity index (χ0) is 15.0. The Kier molecular flexibility index (Phi) is 3.16. The number of hydrogen-bond acceptors (Lipinski definition) is 3. The first-order valence-corrected chi connectivity index (χ1v) is 6.94. The van der Waals surface area contributed by atoms with E-state index in [0.717, 1.165) is 10.8 Å². The molecule has 4 heteroatoms. The molecule has 0 aromatic heterocycles. The Morgan fingerprint density at radius 1 is 1.29 bits per heavy atom. The first-order chi connectivity index (χ1) is 9.98. The number of ketones is 1. The molecule has 1 N–H and O–H groups in total. The topological polar surface area (TPSA) is 63.6 Å². The highest BCUT2D eigenvalue weighted by Gasteiger charge is 2.37. The molecule has 1 unspecified atom stereocenters. The number of hydrogen-bond donors (Lipinski definition) is 1. The number of carbonyl (C=O) groups excluding carboxylic acids is 1. The zero-order valence-corrected chi connectivity index (χ0v) is 11.8. The van der Waals surface area contributed by atoms with Gasteiger partial charge in [-0.05, 0) is 24.8 Å². The van der Waals surface area contributed by atoms with E-state index in [9.17, 15) is 9.59 Å². The van der Waals surface area contributed by atoms with Crippen molar-refractivity contribution in [3.8, 4) is 5.75 Å². The normalized spacial score (nSPS) is 20.9. The quantitative estimate of drug-likeness (QED) is 0.937. The molecule has 1 aliphatic rings. The number of rotatable bonds is 3. The number of carboxylic acids is 1. The molecule has 0 saturated heterocycles. The van der Waals surface area contributed by atoms with Gasteiger partial charge in [0.25, 0.3) is 0 Å². The van der Waals surface area contributed by atoms with Crippen LogP contribution in [0, 0.1) is 0 Å². The van der Waals surface area contributed by atoms with Crippen molar-refractivity contribution in [2.24, 2.45) is 0 Å². The van der Waals surface area contributed by atoms with Crippen LogP contribution in [-0.4, -0.2) is 22.5 Å². The summed E-state index contributed by atoms with van der Waals surface area (Å²) in [6, 6.07) is 11.4. The highest BCUT2D eigenvalue weighted by atomic mass is 16.5. The SMILES string of the molecule is CC1(CCC(=O)O)CC(=O)c2ccc3ccccc3c2O1. The van der Waals surface area contributed by atoms with Crippen molar-refractivity contribution in [1.29, 1.82) is 0 Å². The summed E-state index contributed by atoms with van der Waals surface area (Å²) in [4.78, 5) is 23.1. The molecular weight excluding hydrogens is 268 g/mol. The number of ether oxygens (including phenoxy) is 1. The third-order valence-corrected chi connectivity index (χ3v) is 3.93. The van der Waals surface area contributed by atoms with E-state index in [4.69, 9.17) is 9.84 Å². The number of carbonyl (C=O) groups is 2. The largest absolute Gasteiger partial charge is 0.486 e. The zero-order valence-electron chi connectivity index (χ0n) is 11.8. The summed E-state index contributed by atoms with van der Waals surface area (Å²) in [6.07, 6.45) is 0.520. The van der Waals surface area contributed by atoms with Crippen LogP contribution in [0.3, 0.4) is 0 Å². The second-order valence-electron chi connectivity index (χ2n) is 5.71. The third-order valence-electron chi connectivity index (χ3n) is 3.93. The summed E-state index contributed by atoms with van der Waals surface area (Å²) in [7, 11) is 0. The van der Waals surface area contributed by atoms with Gasteiger partial charge in [-0.15, -0.1) is 0 Å². The van der Waals surface area contributed by atoms with Crippen LogP contribution in [0.25, 0.3) is 10.8 Å². The van der Waals surface area contributed by atoms with Crippen LogP contribution in [0.5, 0.6) is 5.75 Å². The highest BCUT2D eigenvalue weighted by Crippen LogP contribution is 2.40. The number of benzene rings is 2. The average molecular weight is 284 g/mol. The lowest BCUT2D eigenvalue weighted by Crippen LogP contribution is -2.39. The molecule has 0 radical (unpaired) electrons. The van der Waals surface area contributed by atoms with Crippen molar-refractivity contribution < 1.29 is 19.4 Å². The van der Waals surface area contributed by atoms with Crippen LogP contribution in [0.1, 0.15) is 36.5 Å². The summed E-state index contributed by atoms with van der Waals surface area (Å²) >= 11 is 0. The van der Waals surface area contributed by atoms with E-state index in [1.54, 1.807) is 13.0 Å². The molecule has 4 nitrogen and oxygen atoms in total. The molecule has 0 bridgehead atoms. The number of carboxylic acid groups (broad SMARTS) is 1. The molecule has 0 aliphatic carbocycles. The fourth-order valence-corrected chi connectivity index (χ4v) is 2.80. The number of fused-ring (bicyclic) bond motifs is 3.